The topological polar surface area (TPSA) is 92.9 Å². The molecule has 7 nitrogen and oxygen atoms in total. The molecule has 0 spiro atoms. The molecule has 0 radical (unpaired) electrons. The third kappa shape index (κ3) is 3.67. The van der Waals surface area contributed by atoms with Crippen LogP contribution < -0.4 is 10.6 Å². The lowest BCUT2D eigenvalue weighted by atomic mass is 10.2. The number of carbonyl (C=O) groups excluding carboxylic acids is 1. The molecule has 2 heterocycles. The van der Waals surface area contributed by atoms with E-state index < -0.39 is 0 Å². The fourth-order valence-electron chi connectivity index (χ4n) is 1.57. The first-order chi connectivity index (χ1) is 9.58. The van der Waals surface area contributed by atoms with Crippen LogP contribution in [0.4, 0.5) is 5.82 Å². The summed E-state index contributed by atoms with van der Waals surface area (Å²) in [6.07, 6.45) is 0. The number of amides is 1. The fraction of sp³-hybridized carbons (Fsp3) is 0.333. The Hall–Kier alpha value is -2.15. The second-order valence-corrected chi connectivity index (χ2v) is 4.40. The number of nitrogens with zero attached hydrogens (tertiary/aromatic N) is 3. The molecule has 1 amide bonds. The molecule has 0 bridgehead atoms. The molecule has 0 aliphatic heterocycles. The third-order valence-electron chi connectivity index (χ3n) is 2.38. The highest BCUT2D eigenvalue weighted by atomic mass is 35.5. The van der Waals surface area contributed by atoms with Crippen molar-refractivity contribution < 1.29 is 9.32 Å². The first-order valence-electron chi connectivity index (χ1n) is 6.07. The molecule has 0 aliphatic rings. The summed E-state index contributed by atoms with van der Waals surface area (Å²) < 4.78 is 4.91. The van der Waals surface area contributed by atoms with Gasteiger partial charge in [0, 0.05) is 12.1 Å². The maximum absolute atomic E-state index is 12.0. The van der Waals surface area contributed by atoms with Gasteiger partial charge in [-0.25, -0.2) is 4.98 Å². The fourth-order valence-corrected chi connectivity index (χ4v) is 1.78. The van der Waals surface area contributed by atoms with Gasteiger partial charge in [-0.1, -0.05) is 16.8 Å². The maximum atomic E-state index is 12.0. The molecule has 0 aliphatic carbocycles. The predicted molar refractivity (Wildman–Crippen MR) is 73.6 cm³/mol. The number of carbonyl (C=O) groups is 1. The average Bonchev–Trinajstić information content (AvgIpc) is 2.81. The zero-order chi connectivity index (χ0) is 14.5. The van der Waals surface area contributed by atoms with Crippen LogP contribution in [0.1, 0.15) is 29.0 Å². The zero-order valence-electron chi connectivity index (χ0n) is 11.1. The van der Waals surface area contributed by atoms with Gasteiger partial charge in [-0.05, 0) is 26.0 Å². The lowest BCUT2D eigenvalue weighted by Crippen LogP contribution is -2.23. The van der Waals surface area contributed by atoms with Crippen molar-refractivity contribution in [1.82, 2.24) is 20.4 Å². The molecule has 2 aromatic rings. The Morgan fingerprint density at radius 1 is 1.40 bits per heavy atom. The van der Waals surface area contributed by atoms with Gasteiger partial charge in [-0.2, -0.15) is 4.98 Å². The molecule has 2 aromatic heterocycles. The largest absolute Gasteiger partial charge is 0.370 e. The molecule has 0 aromatic carbocycles. The van der Waals surface area contributed by atoms with E-state index in [2.05, 4.69) is 25.8 Å². The highest BCUT2D eigenvalue weighted by Crippen LogP contribution is 2.14. The van der Waals surface area contributed by atoms with Gasteiger partial charge in [-0.15, -0.1) is 0 Å². The Kier molecular flexibility index (Phi) is 4.52. The number of hydrogen-bond acceptors (Lipinski definition) is 6. The van der Waals surface area contributed by atoms with Crippen molar-refractivity contribution in [1.29, 1.82) is 0 Å². The van der Waals surface area contributed by atoms with Crippen LogP contribution in [0.3, 0.4) is 0 Å². The number of halogens is 1. The number of nitrogens with one attached hydrogen (secondary N) is 2. The van der Waals surface area contributed by atoms with Gasteiger partial charge in [0.25, 0.3) is 5.91 Å². The minimum absolute atomic E-state index is 0.163. The van der Waals surface area contributed by atoms with Gasteiger partial charge < -0.3 is 15.2 Å². The van der Waals surface area contributed by atoms with Crippen LogP contribution >= 0.6 is 11.6 Å². The number of aromatic nitrogens is 3. The Morgan fingerprint density at radius 3 is 2.85 bits per heavy atom. The summed E-state index contributed by atoms with van der Waals surface area (Å²) in [6.45, 7) is 4.49. The van der Waals surface area contributed by atoms with Crippen molar-refractivity contribution >= 4 is 23.3 Å². The smallest absolute Gasteiger partial charge is 0.251 e. The van der Waals surface area contributed by atoms with E-state index in [0.717, 1.165) is 0 Å². The van der Waals surface area contributed by atoms with Crippen LogP contribution in [-0.4, -0.2) is 27.6 Å². The first kappa shape index (κ1) is 14.3. The molecule has 106 valence electrons. The van der Waals surface area contributed by atoms with E-state index >= 15 is 0 Å². The molecular formula is C12H14ClN5O2. The Balaban J connectivity index is 2.04. The minimum Gasteiger partial charge on any atom is -0.370 e. The highest BCUT2D eigenvalue weighted by Gasteiger charge is 2.11. The molecule has 0 unspecified atom stereocenters. The standard InChI is InChI=1S/C12H14ClN5O2/c1-3-14-10-5-8(4-9(13)17-10)12(19)15-6-11-16-7(2)18-20-11/h4-5H,3,6H2,1-2H3,(H,14,17)(H,15,19). The molecule has 0 atom stereocenters. The van der Waals surface area contributed by atoms with Crippen molar-refractivity contribution in [3.05, 3.63) is 34.6 Å². The quantitative estimate of drug-likeness (QED) is 0.817. The van der Waals surface area contributed by atoms with Crippen molar-refractivity contribution in [3.63, 3.8) is 0 Å². The van der Waals surface area contributed by atoms with Crippen LogP contribution in [0.25, 0.3) is 0 Å². The Morgan fingerprint density at radius 2 is 2.20 bits per heavy atom. The van der Waals surface area contributed by atoms with Crippen molar-refractivity contribution in [2.24, 2.45) is 0 Å². The monoisotopic (exact) mass is 295 g/mol. The molecule has 0 saturated heterocycles. The van der Waals surface area contributed by atoms with E-state index in [-0.39, 0.29) is 17.6 Å². The lowest BCUT2D eigenvalue weighted by molar-refractivity contribution is 0.0946. The van der Waals surface area contributed by atoms with E-state index in [1.54, 1.807) is 13.0 Å². The number of rotatable bonds is 5. The lowest BCUT2D eigenvalue weighted by Gasteiger charge is -2.06. The van der Waals surface area contributed by atoms with E-state index in [1.165, 1.54) is 6.07 Å². The van der Waals surface area contributed by atoms with E-state index in [9.17, 15) is 4.79 Å². The normalized spacial score (nSPS) is 10.3. The second kappa shape index (κ2) is 6.33. The van der Waals surface area contributed by atoms with Gasteiger partial charge in [0.15, 0.2) is 5.82 Å². The summed E-state index contributed by atoms with van der Waals surface area (Å²) in [4.78, 5) is 20.1. The van der Waals surface area contributed by atoms with E-state index in [4.69, 9.17) is 16.1 Å². The molecule has 2 N–H and O–H groups in total. The second-order valence-electron chi connectivity index (χ2n) is 4.01. The van der Waals surface area contributed by atoms with Crippen LogP contribution in [0.2, 0.25) is 5.15 Å². The van der Waals surface area contributed by atoms with E-state index in [1.807, 2.05) is 6.92 Å². The molecule has 8 heteroatoms. The number of anilines is 1. The molecule has 20 heavy (non-hydrogen) atoms. The van der Waals surface area contributed by atoms with Crippen molar-refractivity contribution in [3.8, 4) is 0 Å². The Labute approximate surface area is 120 Å². The summed E-state index contributed by atoms with van der Waals surface area (Å²) in [5, 5.41) is 9.57. The van der Waals surface area contributed by atoms with Crippen LogP contribution in [-0.2, 0) is 6.54 Å². The van der Waals surface area contributed by atoms with Gasteiger partial charge in [0.05, 0.1) is 6.54 Å². The highest BCUT2D eigenvalue weighted by molar-refractivity contribution is 6.29. The summed E-state index contributed by atoms with van der Waals surface area (Å²) >= 11 is 5.88. The number of hydrogen-bond donors (Lipinski definition) is 2. The summed E-state index contributed by atoms with van der Waals surface area (Å²) in [5.74, 6) is 1.14. The minimum atomic E-state index is -0.288. The van der Waals surface area contributed by atoms with Gasteiger partial charge in [0.1, 0.15) is 11.0 Å². The zero-order valence-corrected chi connectivity index (χ0v) is 11.9. The van der Waals surface area contributed by atoms with Crippen LogP contribution in [0.15, 0.2) is 16.7 Å². The molecule has 0 saturated carbocycles. The summed E-state index contributed by atoms with van der Waals surface area (Å²) in [7, 11) is 0. The van der Waals surface area contributed by atoms with Crippen molar-refractivity contribution in [2.75, 3.05) is 11.9 Å². The third-order valence-corrected chi connectivity index (χ3v) is 2.58. The summed E-state index contributed by atoms with van der Waals surface area (Å²) in [6, 6.07) is 3.13. The number of aryl methyl sites for hydroxylation is 1. The first-order valence-corrected chi connectivity index (χ1v) is 6.45. The average molecular weight is 296 g/mol. The molecule has 2 rings (SSSR count). The molecular weight excluding hydrogens is 282 g/mol. The van der Waals surface area contributed by atoms with Crippen LogP contribution in [0.5, 0.6) is 0 Å². The van der Waals surface area contributed by atoms with Gasteiger partial charge in [-0.3, -0.25) is 4.79 Å². The predicted octanol–water partition coefficient (Wildman–Crippen LogP) is 1.79. The SMILES string of the molecule is CCNc1cc(C(=O)NCc2nc(C)no2)cc(Cl)n1. The van der Waals surface area contributed by atoms with Crippen LogP contribution in [0, 0.1) is 6.92 Å². The van der Waals surface area contributed by atoms with Gasteiger partial charge in [0.2, 0.25) is 5.89 Å². The van der Waals surface area contributed by atoms with Gasteiger partial charge >= 0.3 is 0 Å². The molecule has 0 fully saturated rings. The Bertz CT molecular complexity index is 614. The summed E-state index contributed by atoms with van der Waals surface area (Å²) in [5.41, 5.74) is 0.414. The number of pyridine rings is 1. The maximum Gasteiger partial charge on any atom is 0.251 e. The van der Waals surface area contributed by atoms with Crippen molar-refractivity contribution in [2.45, 2.75) is 20.4 Å². The van der Waals surface area contributed by atoms with E-state index in [0.29, 0.717) is 29.6 Å².